The molecule has 20 heavy (non-hydrogen) atoms. The number of carbonyl (C=O) groups is 1. The van der Waals surface area contributed by atoms with E-state index in [1.165, 1.54) is 0 Å². The molecule has 2 aromatic carbocycles. The first-order chi connectivity index (χ1) is 9.74. The number of hydrogen-bond donors (Lipinski definition) is 1. The molecule has 0 radical (unpaired) electrons. The molecule has 1 N–H and O–H groups in total. The van der Waals surface area contributed by atoms with Gasteiger partial charge < -0.3 is 4.98 Å². The summed E-state index contributed by atoms with van der Waals surface area (Å²) in [4.78, 5) is 14.8. The summed E-state index contributed by atoms with van der Waals surface area (Å²) in [6.45, 7) is 2.01. The lowest BCUT2D eigenvalue weighted by atomic mass is 10.0. The van der Waals surface area contributed by atoms with Gasteiger partial charge in [0.2, 0.25) is 0 Å². The number of nitrogens with one attached hydrogen (secondary N) is 1. The van der Waals surface area contributed by atoms with Gasteiger partial charge in [-0.2, -0.15) is 5.26 Å². The van der Waals surface area contributed by atoms with Crippen LogP contribution in [0, 0.1) is 18.3 Å². The molecule has 0 aliphatic heterocycles. The molecule has 0 fully saturated rings. The Bertz CT molecular complexity index is 853. The molecule has 3 heteroatoms. The monoisotopic (exact) mass is 260 g/mol. The van der Waals surface area contributed by atoms with E-state index in [0.29, 0.717) is 11.1 Å². The van der Waals surface area contributed by atoms with E-state index in [2.05, 4.69) is 11.1 Å². The van der Waals surface area contributed by atoms with E-state index in [1.54, 1.807) is 12.1 Å². The first-order valence-electron chi connectivity index (χ1n) is 6.31. The lowest BCUT2D eigenvalue weighted by Crippen LogP contribution is -1.87. The van der Waals surface area contributed by atoms with E-state index >= 15 is 0 Å². The molecule has 0 aliphatic carbocycles. The predicted molar refractivity (Wildman–Crippen MR) is 78.6 cm³/mol. The summed E-state index contributed by atoms with van der Waals surface area (Å²) >= 11 is 0. The summed E-state index contributed by atoms with van der Waals surface area (Å²) in [6, 6.07) is 15.3. The standard InChI is InChI=1S/C17H12N2O/c1-11-4-2-3-5-13(11)17-15(10-20)14-8-12(9-18)6-7-16(14)19-17/h2-8,10,19H,1H3. The summed E-state index contributed by atoms with van der Waals surface area (Å²) in [5.74, 6) is 0. The second-order valence-corrected chi connectivity index (χ2v) is 4.72. The second-order valence-electron chi connectivity index (χ2n) is 4.72. The van der Waals surface area contributed by atoms with Crippen molar-refractivity contribution >= 4 is 17.2 Å². The Hall–Kier alpha value is -2.86. The summed E-state index contributed by atoms with van der Waals surface area (Å²) in [5.41, 5.74) is 4.93. The van der Waals surface area contributed by atoms with Gasteiger partial charge in [0.25, 0.3) is 0 Å². The molecule has 3 nitrogen and oxygen atoms in total. The summed E-state index contributed by atoms with van der Waals surface area (Å²) in [5, 5.41) is 9.77. The molecule has 0 bridgehead atoms. The Kier molecular flexibility index (Phi) is 2.85. The predicted octanol–water partition coefficient (Wildman–Crippen LogP) is 3.83. The van der Waals surface area contributed by atoms with E-state index in [1.807, 2.05) is 37.3 Å². The Morgan fingerprint density at radius 2 is 2.00 bits per heavy atom. The molecule has 0 saturated heterocycles. The number of carbonyl (C=O) groups excluding carboxylic acids is 1. The Labute approximate surface area is 116 Å². The van der Waals surface area contributed by atoms with Crippen molar-refractivity contribution in [3.05, 3.63) is 59.2 Å². The van der Waals surface area contributed by atoms with Crippen molar-refractivity contribution in [2.45, 2.75) is 6.92 Å². The van der Waals surface area contributed by atoms with Gasteiger partial charge in [-0.1, -0.05) is 24.3 Å². The maximum absolute atomic E-state index is 11.5. The fraction of sp³-hybridized carbons (Fsp3) is 0.0588. The zero-order valence-electron chi connectivity index (χ0n) is 11.0. The van der Waals surface area contributed by atoms with Crippen LogP contribution in [0.4, 0.5) is 0 Å². The molecule has 0 saturated carbocycles. The summed E-state index contributed by atoms with van der Waals surface area (Å²) < 4.78 is 0. The minimum atomic E-state index is 0.552. The molecular weight excluding hydrogens is 248 g/mol. The maximum Gasteiger partial charge on any atom is 0.152 e. The van der Waals surface area contributed by atoms with Gasteiger partial charge in [-0.05, 0) is 30.7 Å². The van der Waals surface area contributed by atoms with Gasteiger partial charge in [0.05, 0.1) is 17.3 Å². The number of aromatic amines is 1. The Morgan fingerprint density at radius 3 is 2.70 bits per heavy atom. The highest BCUT2D eigenvalue weighted by atomic mass is 16.1. The van der Waals surface area contributed by atoms with Crippen molar-refractivity contribution in [1.29, 1.82) is 5.26 Å². The lowest BCUT2D eigenvalue weighted by molar-refractivity contribution is 0.112. The molecule has 1 aromatic heterocycles. The van der Waals surface area contributed by atoms with Crippen LogP contribution in [0.1, 0.15) is 21.5 Å². The molecule has 0 aliphatic rings. The van der Waals surface area contributed by atoms with Gasteiger partial charge >= 0.3 is 0 Å². The van der Waals surface area contributed by atoms with Crippen LogP contribution in [0.5, 0.6) is 0 Å². The molecule has 1 heterocycles. The van der Waals surface area contributed by atoms with E-state index in [0.717, 1.165) is 34.0 Å². The third-order valence-corrected chi connectivity index (χ3v) is 3.50. The zero-order chi connectivity index (χ0) is 14.1. The van der Waals surface area contributed by atoms with Crippen molar-refractivity contribution in [2.24, 2.45) is 0 Å². The van der Waals surface area contributed by atoms with Crippen LogP contribution in [0.25, 0.3) is 22.2 Å². The van der Waals surface area contributed by atoms with Gasteiger partial charge in [0.15, 0.2) is 6.29 Å². The summed E-state index contributed by atoms with van der Waals surface area (Å²) in [7, 11) is 0. The largest absolute Gasteiger partial charge is 0.354 e. The number of nitriles is 1. The van der Waals surface area contributed by atoms with E-state index in [9.17, 15) is 4.79 Å². The minimum absolute atomic E-state index is 0.552. The first kappa shape index (κ1) is 12.2. The molecular formula is C17H12N2O. The number of hydrogen-bond acceptors (Lipinski definition) is 2. The number of aldehydes is 1. The van der Waals surface area contributed by atoms with Crippen molar-refractivity contribution < 1.29 is 4.79 Å². The van der Waals surface area contributed by atoms with Crippen molar-refractivity contribution in [2.75, 3.05) is 0 Å². The molecule has 0 unspecified atom stereocenters. The highest BCUT2D eigenvalue weighted by Crippen LogP contribution is 2.31. The molecule has 3 rings (SSSR count). The van der Waals surface area contributed by atoms with Gasteiger partial charge in [0, 0.05) is 22.0 Å². The van der Waals surface area contributed by atoms with Crippen LogP contribution in [0.3, 0.4) is 0 Å². The van der Waals surface area contributed by atoms with E-state index < -0.39 is 0 Å². The number of fused-ring (bicyclic) bond motifs is 1. The number of benzene rings is 2. The molecule has 0 spiro atoms. The topological polar surface area (TPSA) is 56.6 Å². The SMILES string of the molecule is Cc1ccccc1-c1[nH]c2ccc(C#N)cc2c1C=O. The van der Waals surface area contributed by atoms with E-state index in [-0.39, 0.29) is 0 Å². The number of nitrogens with zero attached hydrogens (tertiary/aromatic N) is 1. The normalized spacial score (nSPS) is 10.4. The minimum Gasteiger partial charge on any atom is -0.354 e. The molecule has 0 atom stereocenters. The van der Waals surface area contributed by atoms with Crippen molar-refractivity contribution in [1.82, 2.24) is 4.98 Å². The van der Waals surface area contributed by atoms with Crippen LogP contribution in [-0.2, 0) is 0 Å². The molecule has 0 amide bonds. The van der Waals surface area contributed by atoms with Crippen molar-refractivity contribution in [3.63, 3.8) is 0 Å². The van der Waals surface area contributed by atoms with Crippen molar-refractivity contribution in [3.8, 4) is 17.3 Å². The number of aryl methyl sites for hydroxylation is 1. The summed E-state index contributed by atoms with van der Waals surface area (Å²) in [6.07, 6.45) is 0.849. The van der Waals surface area contributed by atoms with Gasteiger partial charge in [-0.25, -0.2) is 0 Å². The number of rotatable bonds is 2. The van der Waals surface area contributed by atoms with Gasteiger partial charge in [-0.15, -0.1) is 0 Å². The highest BCUT2D eigenvalue weighted by molar-refractivity contribution is 6.05. The number of H-pyrrole nitrogens is 1. The van der Waals surface area contributed by atoms with Crippen LogP contribution < -0.4 is 0 Å². The van der Waals surface area contributed by atoms with Crippen LogP contribution in [0.2, 0.25) is 0 Å². The maximum atomic E-state index is 11.5. The van der Waals surface area contributed by atoms with Crippen LogP contribution in [0.15, 0.2) is 42.5 Å². The van der Waals surface area contributed by atoms with Crippen LogP contribution in [-0.4, -0.2) is 11.3 Å². The average molecular weight is 260 g/mol. The molecule has 3 aromatic rings. The number of aromatic nitrogens is 1. The van der Waals surface area contributed by atoms with E-state index in [4.69, 9.17) is 5.26 Å². The third-order valence-electron chi connectivity index (χ3n) is 3.50. The second kappa shape index (κ2) is 4.67. The van der Waals surface area contributed by atoms with Crippen LogP contribution >= 0.6 is 0 Å². The average Bonchev–Trinajstić information content (AvgIpc) is 2.84. The highest BCUT2D eigenvalue weighted by Gasteiger charge is 2.14. The first-order valence-corrected chi connectivity index (χ1v) is 6.31. The zero-order valence-corrected chi connectivity index (χ0v) is 11.0. The Balaban J connectivity index is 2.35. The Morgan fingerprint density at radius 1 is 1.20 bits per heavy atom. The van der Waals surface area contributed by atoms with Gasteiger partial charge in [0.1, 0.15) is 0 Å². The fourth-order valence-electron chi connectivity index (χ4n) is 2.47. The lowest BCUT2D eigenvalue weighted by Gasteiger charge is -2.03. The molecule has 96 valence electrons. The quantitative estimate of drug-likeness (QED) is 0.712. The van der Waals surface area contributed by atoms with Gasteiger partial charge in [-0.3, -0.25) is 4.79 Å². The fourth-order valence-corrected chi connectivity index (χ4v) is 2.47. The third kappa shape index (κ3) is 1.79. The smallest absolute Gasteiger partial charge is 0.152 e.